The standard InChI is InChI=1S/C25H19FN6O/c1-13-8-15(9-17-20(11-27)30-31-25(33)21(13)17)18-12-29-32(3)24(18)22-19(26)10-14-6-4-5-7-16(14)23(22)28-2/h4-10,12H,11,27H2,1,3H3,(H,31,33). The normalized spacial score (nSPS) is 11.2. The third-order valence-electron chi connectivity index (χ3n) is 5.93. The number of hydrogen-bond acceptors (Lipinski definition) is 4. The van der Waals surface area contributed by atoms with Crippen LogP contribution < -0.4 is 11.3 Å². The van der Waals surface area contributed by atoms with E-state index in [1.165, 1.54) is 6.07 Å². The van der Waals surface area contributed by atoms with E-state index in [0.29, 0.717) is 38.5 Å². The Labute approximate surface area is 188 Å². The van der Waals surface area contributed by atoms with Crippen molar-refractivity contribution in [3.63, 3.8) is 0 Å². The Morgan fingerprint density at radius 3 is 2.76 bits per heavy atom. The molecule has 0 aliphatic carbocycles. The molecule has 5 rings (SSSR count). The predicted octanol–water partition coefficient (Wildman–Crippen LogP) is 4.60. The quantitative estimate of drug-likeness (QED) is 0.403. The molecular weight excluding hydrogens is 419 g/mol. The van der Waals surface area contributed by atoms with E-state index in [4.69, 9.17) is 12.3 Å². The number of nitrogens with zero attached hydrogens (tertiary/aromatic N) is 4. The van der Waals surface area contributed by atoms with Gasteiger partial charge in [-0.25, -0.2) is 14.3 Å². The highest BCUT2D eigenvalue weighted by Crippen LogP contribution is 2.43. The zero-order valence-corrected chi connectivity index (χ0v) is 18.0. The summed E-state index contributed by atoms with van der Waals surface area (Å²) in [6.07, 6.45) is 1.64. The topological polar surface area (TPSA) is 93.9 Å². The van der Waals surface area contributed by atoms with Gasteiger partial charge in [-0.1, -0.05) is 30.3 Å². The first-order valence-electron chi connectivity index (χ1n) is 10.3. The van der Waals surface area contributed by atoms with Gasteiger partial charge in [-0.2, -0.15) is 10.2 Å². The van der Waals surface area contributed by atoms with Gasteiger partial charge < -0.3 is 5.73 Å². The fraction of sp³-hybridized carbons (Fsp3) is 0.120. The van der Waals surface area contributed by atoms with Crippen molar-refractivity contribution in [3.05, 3.63) is 87.5 Å². The number of nitrogens with two attached hydrogens (primary N) is 1. The van der Waals surface area contributed by atoms with Crippen LogP contribution in [0.15, 0.2) is 53.5 Å². The molecule has 0 unspecified atom stereocenters. The number of aryl methyl sites for hydroxylation is 2. The first-order chi connectivity index (χ1) is 15.9. The monoisotopic (exact) mass is 438 g/mol. The van der Waals surface area contributed by atoms with Gasteiger partial charge in [0, 0.05) is 30.1 Å². The summed E-state index contributed by atoms with van der Waals surface area (Å²) >= 11 is 0. The molecule has 0 saturated heterocycles. The lowest BCUT2D eigenvalue weighted by molar-refractivity contribution is 0.630. The van der Waals surface area contributed by atoms with Crippen LogP contribution in [0.1, 0.15) is 11.3 Å². The highest BCUT2D eigenvalue weighted by molar-refractivity contribution is 6.04. The van der Waals surface area contributed by atoms with Gasteiger partial charge >= 0.3 is 0 Å². The lowest BCUT2D eigenvalue weighted by Crippen LogP contribution is -2.14. The molecule has 0 amide bonds. The van der Waals surface area contributed by atoms with Gasteiger partial charge in [0.15, 0.2) is 0 Å². The minimum absolute atomic E-state index is 0.150. The van der Waals surface area contributed by atoms with Crippen molar-refractivity contribution in [2.75, 3.05) is 0 Å². The van der Waals surface area contributed by atoms with E-state index >= 15 is 4.39 Å². The Kier molecular flexibility index (Phi) is 4.77. The summed E-state index contributed by atoms with van der Waals surface area (Å²) in [4.78, 5) is 16.1. The second-order valence-corrected chi connectivity index (χ2v) is 7.86. The lowest BCUT2D eigenvalue weighted by Gasteiger charge is -2.14. The molecule has 0 radical (unpaired) electrons. The molecule has 0 spiro atoms. The van der Waals surface area contributed by atoms with E-state index in [1.807, 2.05) is 37.3 Å². The average Bonchev–Trinajstić information content (AvgIpc) is 3.18. The van der Waals surface area contributed by atoms with Crippen molar-refractivity contribution in [1.29, 1.82) is 0 Å². The summed E-state index contributed by atoms with van der Waals surface area (Å²) in [7, 11) is 1.71. The summed E-state index contributed by atoms with van der Waals surface area (Å²) in [5.74, 6) is -0.497. The third-order valence-corrected chi connectivity index (χ3v) is 5.93. The fourth-order valence-electron chi connectivity index (χ4n) is 4.44. The van der Waals surface area contributed by atoms with Crippen LogP contribution in [0.5, 0.6) is 0 Å². The van der Waals surface area contributed by atoms with Crippen LogP contribution in [0, 0.1) is 19.3 Å². The van der Waals surface area contributed by atoms with Crippen LogP contribution in [0.2, 0.25) is 0 Å². The second-order valence-electron chi connectivity index (χ2n) is 7.86. The molecule has 0 fully saturated rings. The van der Waals surface area contributed by atoms with Crippen molar-refractivity contribution in [3.8, 4) is 22.4 Å². The second kappa shape index (κ2) is 7.65. The molecule has 0 atom stereocenters. The van der Waals surface area contributed by atoms with E-state index < -0.39 is 5.82 Å². The largest absolute Gasteiger partial charge is 0.325 e. The van der Waals surface area contributed by atoms with Gasteiger partial charge in [-0.05, 0) is 41.0 Å². The van der Waals surface area contributed by atoms with Gasteiger partial charge in [-0.3, -0.25) is 9.48 Å². The minimum atomic E-state index is -0.497. The van der Waals surface area contributed by atoms with Gasteiger partial charge in [0.05, 0.1) is 29.5 Å². The van der Waals surface area contributed by atoms with Crippen LogP contribution in [-0.4, -0.2) is 20.0 Å². The van der Waals surface area contributed by atoms with Crippen LogP contribution in [0.3, 0.4) is 0 Å². The van der Waals surface area contributed by atoms with Crippen molar-refractivity contribution in [1.82, 2.24) is 20.0 Å². The van der Waals surface area contributed by atoms with Crippen LogP contribution in [0.4, 0.5) is 10.1 Å². The number of aromatic nitrogens is 4. The SMILES string of the molecule is [C-]#[N+]c1c(-c2c(-c3cc(C)c4c(=O)[nH]nc(CN)c4c3)cnn2C)c(F)cc2ccccc12. The molecule has 7 nitrogen and oxygen atoms in total. The van der Waals surface area contributed by atoms with Crippen LogP contribution in [0.25, 0.3) is 48.8 Å². The molecule has 3 aromatic carbocycles. The molecule has 0 bridgehead atoms. The maximum absolute atomic E-state index is 15.5. The molecule has 2 aromatic heterocycles. The number of nitrogens with one attached hydrogen (secondary N) is 1. The van der Waals surface area contributed by atoms with E-state index in [9.17, 15) is 4.79 Å². The van der Waals surface area contributed by atoms with E-state index in [2.05, 4.69) is 20.1 Å². The minimum Gasteiger partial charge on any atom is -0.325 e. The highest BCUT2D eigenvalue weighted by Gasteiger charge is 2.23. The molecule has 5 aromatic rings. The zero-order chi connectivity index (χ0) is 23.3. The molecular formula is C25H19FN6O. The number of halogens is 1. The number of aromatic amines is 1. The molecule has 2 heterocycles. The van der Waals surface area contributed by atoms with E-state index in [1.54, 1.807) is 24.0 Å². The van der Waals surface area contributed by atoms with Crippen molar-refractivity contribution < 1.29 is 4.39 Å². The highest BCUT2D eigenvalue weighted by atomic mass is 19.1. The maximum atomic E-state index is 15.5. The molecule has 0 saturated carbocycles. The molecule has 0 aliphatic rings. The van der Waals surface area contributed by atoms with Crippen LogP contribution >= 0.6 is 0 Å². The summed E-state index contributed by atoms with van der Waals surface area (Å²) in [6, 6.07) is 12.4. The Morgan fingerprint density at radius 2 is 2.00 bits per heavy atom. The Morgan fingerprint density at radius 1 is 1.21 bits per heavy atom. The smallest absolute Gasteiger partial charge is 0.272 e. The van der Waals surface area contributed by atoms with Gasteiger partial charge in [0.25, 0.3) is 5.56 Å². The molecule has 8 heteroatoms. The molecule has 162 valence electrons. The molecule has 33 heavy (non-hydrogen) atoms. The zero-order valence-electron chi connectivity index (χ0n) is 18.0. The predicted molar refractivity (Wildman–Crippen MR) is 126 cm³/mol. The Bertz CT molecular complexity index is 1680. The lowest BCUT2D eigenvalue weighted by atomic mass is 9.94. The fourth-order valence-corrected chi connectivity index (χ4v) is 4.44. The number of fused-ring (bicyclic) bond motifs is 2. The number of H-pyrrole nitrogens is 1. The number of hydrogen-bond donors (Lipinski definition) is 2. The van der Waals surface area contributed by atoms with Gasteiger partial charge in [0.1, 0.15) is 5.82 Å². The van der Waals surface area contributed by atoms with Crippen LogP contribution in [-0.2, 0) is 13.6 Å². The van der Waals surface area contributed by atoms with E-state index in [0.717, 1.165) is 11.1 Å². The summed E-state index contributed by atoms with van der Waals surface area (Å²) < 4.78 is 17.0. The van der Waals surface area contributed by atoms with E-state index in [-0.39, 0.29) is 23.4 Å². The summed E-state index contributed by atoms with van der Waals surface area (Å²) in [5, 5.41) is 13.4. The Balaban J connectivity index is 1.85. The van der Waals surface area contributed by atoms with Crippen molar-refractivity contribution in [2.24, 2.45) is 12.8 Å². The average molecular weight is 438 g/mol. The first kappa shape index (κ1) is 20.5. The molecule has 0 aliphatic heterocycles. The van der Waals surface area contributed by atoms with Gasteiger partial charge in [0.2, 0.25) is 5.69 Å². The number of benzene rings is 3. The van der Waals surface area contributed by atoms with Crippen molar-refractivity contribution in [2.45, 2.75) is 13.5 Å². The van der Waals surface area contributed by atoms with Crippen molar-refractivity contribution >= 4 is 27.2 Å². The summed E-state index contributed by atoms with van der Waals surface area (Å²) in [5.41, 5.74) is 9.13. The first-order valence-corrected chi connectivity index (χ1v) is 10.3. The molecule has 3 N–H and O–H groups in total. The third kappa shape index (κ3) is 3.10. The summed E-state index contributed by atoms with van der Waals surface area (Å²) in [6.45, 7) is 9.78. The van der Waals surface area contributed by atoms with Gasteiger partial charge in [-0.15, -0.1) is 0 Å². The number of rotatable bonds is 3. The maximum Gasteiger partial charge on any atom is 0.272 e. The Hall–Kier alpha value is -4.35.